The number of nitrogens with one attached hydrogen (secondary N) is 1. The second kappa shape index (κ2) is 6.22. The quantitative estimate of drug-likeness (QED) is 0.765. The van der Waals surface area contributed by atoms with Crippen LogP contribution in [0, 0.1) is 0 Å². The standard InChI is InChI=1S/C10H14N2O3S/c1-16-6-4-7(9(11)13)12-10(14)8-3-2-5-15-8/h2-3,5,7H,4,6H2,1H3,(H2,11,13)(H,12,14)/t7-/m0/s1. The highest BCUT2D eigenvalue weighted by Crippen LogP contribution is 2.04. The van der Waals surface area contributed by atoms with E-state index in [1.807, 2.05) is 6.26 Å². The molecule has 1 rings (SSSR count). The van der Waals surface area contributed by atoms with Crippen LogP contribution in [0.4, 0.5) is 0 Å². The number of hydrogen-bond acceptors (Lipinski definition) is 4. The van der Waals surface area contributed by atoms with Crippen molar-refractivity contribution in [3.05, 3.63) is 24.2 Å². The van der Waals surface area contributed by atoms with Crippen LogP contribution < -0.4 is 11.1 Å². The molecule has 6 heteroatoms. The number of amides is 2. The zero-order valence-electron chi connectivity index (χ0n) is 8.93. The van der Waals surface area contributed by atoms with E-state index in [1.165, 1.54) is 12.3 Å². The second-order valence-corrected chi connectivity index (χ2v) is 4.17. The van der Waals surface area contributed by atoms with Gasteiger partial charge in [-0.05, 0) is 30.6 Å². The molecule has 16 heavy (non-hydrogen) atoms. The van der Waals surface area contributed by atoms with Gasteiger partial charge in [-0.2, -0.15) is 11.8 Å². The van der Waals surface area contributed by atoms with Gasteiger partial charge in [0.1, 0.15) is 6.04 Å². The van der Waals surface area contributed by atoms with E-state index >= 15 is 0 Å². The maximum absolute atomic E-state index is 11.6. The third kappa shape index (κ3) is 3.62. The number of thioether (sulfide) groups is 1. The van der Waals surface area contributed by atoms with Gasteiger partial charge < -0.3 is 15.5 Å². The summed E-state index contributed by atoms with van der Waals surface area (Å²) in [7, 11) is 0. The number of rotatable bonds is 6. The van der Waals surface area contributed by atoms with Crippen molar-refractivity contribution in [2.45, 2.75) is 12.5 Å². The molecule has 0 spiro atoms. The number of carbonyl (C=O) groups excluding carboxylic acids is 2. The molecule has 1 aromatic rings. The van der Waals surface area contributed by atoms with E-state index in [-0.39, 0.29) is 5.76 Å². The highest BCUT2D eigenvalue weighted by molar-refractivity contribution is 7.98. The normalized spacial score (nSPS) is 12.1. The van der Waals surface area contributed by atoms with Gasteiger partial charge in [-0.3, -0.25) is 9.59 Å². The summed E-state index contributed by atoms with van der Waals surface area (Å²) in [6, 6.07) is 2.49. The maximum atomic E-state index is 11.6. The van der Waals surface area contributed by atoms with Gasteiger partial charge in [-0.25, -0.2) is 0 Å². The van der Waals surface area contributed by atoms with Crippen molar-refractivity contribution in [3.63, 3.8) is 0 Å². The van der Waals surface area contributed by atoms with Crippen LogP contribution in [0.5, 0.6) is 0 Å². The van der Waals surface area contributed by atoms with Crippen LogP contribution in [0.1, 0.15) is 17.0 Å². The first-order chi connectivity index (χ1) is 7.65. The Kier molecular flexibility index (Phi) is 4.91. The minimum absolute atomic E-state index is 0.176. The fraction of sp³-hybridized carbons (Fsp3) is 0.400. The van der Waals surface area contributed by atoms with Gasteiger partial charge in [0.15, 0.2) is 5.76 Å². The molecule has 1 atom stereocenters. The summed E-state index contributed by atoms with van der Waals surface area (Å²) < 4.78 is 4.91. The molecule has 0 fully saturated rings. The van der Waals surface area contributed by atoms with E-state index in [1.54, 1.807) is 17.8 Å². The van der Waals surface area contributed by atoms with Crippen molar-refractivity contribution in [1.82, 2.24) is 5.32 Å². The smallest absolute Gasteiger partial charge is 0.287 e. The first-order valence-electron chi connectivity index (χ1n) is 4.77. The Morgan fingerprint density at radius 1 is 1.62 bits per heavy atom. The summed E-state index contributed by atoms with van der Waals surface area (Å²) in [5, 5.41) is 2.53. The predicted molar refractivity (Wildman–Crippen MR) is 62.2 cm³/mol. The van der Waals surface area contributed by atoms with E-state index in [0.717, 1.165) is 5.75 Å². The Balaban J connectivity index is 2.54. The molecule has 0 saturated carbocycles. The van der Waals surface area contributed by atoms with Gasteiger partial charge in [0.2, 0.25) is 5.91 Å². The van der Waals surface area contributed by atoms with Crippen LogP contribution in [0.2, 0.25) is 0 Å². The fourth-order valence-corrected chi connectivity index (χ4v) is 1.63. The SMILES string of the molecule is CSCC[C@H](NC(=O)c1ccco1)C(N)=O. The number of hydrogen-bond donors (Lipinski definition) is 2. The third-order valence-electron chi connectivity index (χ3n) is 2.00. The first kappa shape index (κ1) is 12.6. The molecule has 2 amide bonds. The lowest BCUT2D eigenvalue weighted by Gasteiger charge is -2.13. The lowest BCUT2D eigenvalue weighted by Crippen LogP contribution is -2.44. The van der Waals surface area contributed by atoms with Gasteiger partial charge >= 0.3 is 0 Å². The molecule has 3 N–H and O–H groups in total. The molecule has 88 valence electrons. The Morgan fingerprint density at radius 3 is 2.88 bits per heavy atom. The van der Waals surface area contributed by atoms with Crippen LogP contribution in [0.3, 0.4) is 0 Å². The number of carbonyl (C=O) groups is 2. The first-order valence-corrected chi connectivity index (χ1v) is 6.17. The summed E-state index contributed by atoms with van der Waals surface area (Å²) >= 11 is 1.59. The molecule has 1 heterocycles. The molecule has 0 radical (unpaired) electrons. The number of primary amides is 1. The van der Waals surface area contributed by atoms with Crippen molar-refractivity contribution >= 4 is 23.6 Å². The molecule has 0 bridgehead atoms. The molecular weight excluding hydrogens is 228 g/mol. The highest BCUT2D eigenvalue weighted by atomic mass is 32.2. The van der Waals surface area contributed by atoms with Crippen LogP contribution in [0.25, 0.3) is 0 Å². The average Bonchev–Trinajstić information content (AvgIpc) is 2.76. The minimum Gasteiger partial charge on any atom is -0.459 e. The summed E-state index contributed by atoms with van der Waals surface area (Å²) in [6.45, 7) is 0. The van der Waals surface area contributed by atoms with E-state index in [2.05, 4.69) is 5.32 Å². The zero-order valence-corrected chi connectivity index (χ0v) is 9.75. The van der Waals surface area contributed by atoms with Gasteiger partial charge in [-0.15, -0.1) is 0 Å². The monoisotopic (exact) mass is 242 g/mol. The lowest BCUT2D eigenvalue weighted by atomic mass is 10.2. The topological polar surface area (TPSA) is 85.3 Å². The number of nitrogens with two attached hydrogens (primary N) is 1. The predicted octanol–water partition coefficient (Wildman–Crippen LogP) is 0.616. The lowest BCUT2D eigenvalue weighted by molar-refractivity contribution is -0.119. The van der Waals surface area contributed by atoms with E-state index in [4.69, 9.17) is 10.2 Å². The zero-order chi connectivity index (χ0) is 12.0. The van der Waals surface area contributed by atoms with E-state index in [0.29, 0.717) is 6.42 Å². The van der Waals surface area contributed by atoms with E-state index in [9.17, 15) is 9.59 Å². The summed E-state index contributed by atoms with van der Waals surface area (Å²) in [5.74, 6) is -0.0225. The van der Waals surface area contributed by atoms with Crippen LogP contribution >= 0.6 is 11.8 Å². The van der Waals surface area contributed by atoms with Gasteiger partial charge in [-0.1, -0.05) is 0 Å². The molecule has 0 aliphatic carbocycles. The van der Waals surface area contributed by atoms with E-state index < -0.39 is 17.9 Å². The molecule has 0 aliphatic rings. The Bertz CT molecular complexity index is 351. The Morgan fingerprint density at radius 2 is 2.38 bits per heavy atom. The molecule has 0 saturated heterocycles. The van der Waals surface area contributed by atoms with Crippen molar-refractivity contribution in [2.75, 3.05) is 12.0 Å². The summed E-state index contributed by atoms with van der Waals surface area (Å²) in [5.41, 5.74) is 5.19. The van der Waals surface area contributed by atoms with Crippen molar-refractivity contribution in [2.24, 2.45) is 5.73 Å². The molecular formula is C10H14N2O3S. The van der Waals surface area contributed by atoms with Crippen molar-refractivity contribution in [3.8, 4) is 0 Å². The third-order valence-corrected chi connectivity index (χ3v) is 2.65. The Hall–Kier alpha value is -1.43. The van der Waals surface area contributed by atoms with Crippen LogP contribution in [0.15, 0.2) is 22.8 Å². The molecule has 5 nitrogen and oxygen atoms in total. The minimum atomic E-state index is -0.648. The summed E-state index contributed by atoms with van der Waals surface area (Å²) in [6.07, 6.45) is 3.84. The molecule has 0 aromatic carbocycles. The van der Waals surface area contributed by atoms with Gasteiger partial charge in [0.05, 0.1) is 6.26 Å². The molecule has 1 aromatic heterocycles. The van der Waals surface area contributed by atoms with Gasteiger partial charge in [0.25, 0.3) is 5.91 Å². The van der Waals surface area contributed by atoms with Crippen LogP contribution in [-0.4, -0.2) is 29.9 Å². The number of furan rings is 1. The fourth-order valence-electron chi connectivity index (χ4n) is 1.16. The largest absolute Gasteiger partial charge is 0.459 e. The average molecular weight is 242 g/mol. The molecule has 0 aliphatic heterocycles. The maximum Gasteiger partial charge on any atom is 0.287 e. The van der Waals surface area contributed by atoms with Crippen molar-refractivity contribution < 1.29 is 14.0 Å². The van der Waals surface area contributed by atoms with Crippen molar-refractivity contribution in [1.29, 1.82) is 0 Å². The van der Waals surface area contributed by atoms with Gasteiger partial charge in [0, 0.05) is 0 Å². The second-order valence-electron chi connectivity index (χ2n) is 3.19. The highest BCUT2D eigenvalue weighted by Gasteiger charge is 2.19. The molecule has 0 unspecified atom stereocenters. The Labute approximate surface area is 97.8 Å². The summed E-state index contributed by atoms with van der Waals surface area (Å²) in [4.78, 5) is 22.6. The van der Waals surface area contributed by atoms with Crippen LogP contribution in [-0.2, 0) is 4.79 Å².